The van der Waals surface area contributed by atoms with Crippen molar-refractivity contribution >= 4 is 85.3 Å². The summed E-state index contributed by atoms with van der Waals surface area (Å²) in [5, 5.41) is 12.5. The highest BCUT2D eigenvalue weighted by atomic mass is 16.1. The first-order chi connectivity index (χ1) is 30.1. The van der Waals surface area contributed by atoms with E-state index in [9.17, 15) is 14.4 Å². The number of fused-ring (bicyclic) bond motifs is 4. The molecule has 0 aliphatic carbocycles. The van der Waals surface area contributed by atoms with Gasteiger partial charge in [-0.25, -0.2) is 59.8 Å². The molecule has 0 saturated heterocycles. The molecule has 1 unspecified atom stereocenters. The number of carbonyl (C=O) groups excluding carboxylic acids is 3. The zero-order chi connectivity index (χ0) is 44.1. The molecule has 0 aromatic carbocycles. The number of ketones is 3. The van der Waals surface area contributed by atoms with Gasteiger partial charge in [0.2, 0.25) is 0 Å². The Balaban J connectivity index is 0.000000433. The van der Waals surface area contributed by atoms with E-state index in [2.05, 4.69) is 108 Å². The van der Waals surface area contributed by atoms with Crippen LogP contribution in [0.1, 0.15) is 76.7 Å². The summed E-state index contributed by atoms with van der Waals surface area (Å²) < 4.78 is 0. The number of nitrogens with zero attached hydrogens (tertiary/aromatic N) is 12. The fraction of sp³-hybridized carbons (Fsp3) is 0.372. The van der Waals surface area contributed by atoms with E-state index in [0.717, 1.165) is 52.4 Å². The van der Waals surface area contributed by atoms with E-state index in [-0.39, 0.29) is 53.0 Å². The summed E-state index contributed by atoms with van der Waals surface area (Å²) in [5.74, 6) is 3.39. The van der Waals surface area contributed by atoms with Gasteiger partial charge in [0.15, 0.2) is 51.6 Å². The summed E-state index contributed by atoms with van der Waals surface area (Å²) in [6, 6.07) is 0. The number of carbonyl (C=O) groups is 3. The number of aromatic amines is 4. The maximum Gasteiger partial charge on any atom is 0.182 e. The lowest BCUT2D eigenvalue weighted by atomic mass is 10.0. The van der Waals surface area contributed by atoms with Crippen LogP contribution in [0.15, 0.2) is 75.4 Å². The number of hydrogen-bond acceptors (Lipinski definition) is 19. The largest absolute Gasteiger partial charge is 0.368 e. The van der Waals surface area contributed by atoms with E-state index in [0.29, 0.717) is 61.0 Å². The lowest BCUT2D eigenvalue weighted by Gasteiger charge is -2.09. The number of Topliss-reactive ketones (excluding diaryl/α,β-unsaturated/α-hetero) is 2. The second-order valence-electron chi connectivity index (χ2n) is 13.3. The fourth-order valence-electron chi connectivity index (χ4n) is 5.30. The Hall–Kier alpha value is -8.11. The van der Waals surface area contributed by atoms with E-state index in [1.54, 1.807) is 51.3 Å². The Morgan fingerprint density at radius 1 is 0.561 bits per heavy atom. The lowest BCUT2D eigenvalue weighted by Crippen LogP contribution is -2.13. The van der Waals surface area contributed by atoms with Gasteiger partial charge in [-0.3, -0.25) is 9.59 Å². The van der Waals surface area contributed by atoms with Crippen LogP contribution in [-0.4, -0.2) is 123 Å². The normalized spacial score (nSPS) is 10.5. The molecule has 0 amide bonds. The van der Waals surface area contributed by atoms with Gasteiger partial charge in [-0.15, -0.1) is 6.58 Å². The highest BCUT2D eigenvalue weighted by Crippen LogP contribution is 2.17. The molecular weight excluding hydrogens is 845 g/mol. The van der Waals surface area contributed by atoms with Gasteiger partial charge in [0, 0.05) is 38.5 Å². The number of aromatic nitrogens is 16. The zero-order valence-electron chi connectivity index (χ0n) is 34.7. The van der Waals surface area contributed by atoms with Crippen LogP contribution in [0.3, 0.4) is 0 Å². The van der Waals surface area contributed by atoms with Crippen molar-refractivity contribution in [1.29, 1.82) is 0 Å². The summed E-state index contributed by atoms with van der Waals surface area (Å²) in [5.41, 5.74) is 5.75. The molecule has 8 aromatic rings. The molecule has 8 heterocycles. The van der Waals surface area contributed by atoms with Gasteiger partial charge in [0.05, 0.1) is 25.3 Å². The summed E-state index contributed by atoms with van der Waals surface area (Å²) in [6.45, 7) is 12.9. The third kappa shape index (κ3) is 16.9. The monoisotopic (exact) mass is 909 g/mol. The minimum absolute atomic E-state index is 0. The lowest BCUT2D eigenvalue weighted by molar-refractivity contribution is -0.120. The second kappa shape index (κ2) is 29.3. The fourth-order valence-corrected chi connectivity index (χ4v) is 5.30. The molecule has 66 heavy (non-hydrogen) atoms. The van der Waals surface area contributed by atoms with Crippen LogP contribution in [0.4, 0.5) is 23.3 Å². The third-order valence-electron chi connectivity index (χ3n) is 8.61. The van der Waals surface area contributed by atoms with Gasteiger partial charge >= 0.3 is 0 Å². The van der Waals surface area contributed by atoms with Crippen LogP contribution in [-0.2, 0) is 14.4 Å². The molecule has 0 radical (unpaired) electrons. The molecule has 23 nitrogen and oxygen atoms in total. The van der Waals surface area contributed by atoms with Gasteiger partial charge in [0.1, 0.15) is 58.9 Å². The Morgan fingerprint density at radius 2 is 0.939 bits per heavy atom. The molecule has 0 aliphatic rings. The molecule has 0 saturated carbocycles. The zero-order valence-corrected chi connectivity index (χ0v) is 34.7. The standard InChI is InChI=1S/C11H15N5O.C10H13N5O.C10H11N5O.C8H9N5.4CH4/c1-7(8(2)17)3-4-12-10-9-11(14-5-13-9)16-6-15-10;2*1-7(16)3-2-4-11-9-8-10(13-5-12-8)15-6-14-9;1-2-3-9-7-6-8(11-4-10-6)13-5-12-7;;;;/h5-7H,3-4H2,1-2H3,(H2,12,13,14,15,16);5-6H,2-4H2,1H3,(H2,11,12,13,14,15);2-3,5-6H,4H2,1H3,(H2,11,12,13,14,15);2,4-5H,1,3H2,(H2,9,10,11,12,13);4*1H4/b;;3-2-;;;;;. The molecular formula is C43H64N20O3. The van der Waals surface area contributed by atoms with Crippen LogP contribution in [0.25, 0.3) is 44.7 Å². The Kier molecular flexibility index (Phi) is 24.8. The van der Waals surface area contributed by atoms with Gasteiger partial charge in [0.25, 0.3) is 0 Å². The SMILES string of the molecule is C.C.C.C.C=CCNc1ncnc2nc[nH]c12.CC(=O)/C=C\CNc1ncnc2nc[nH]c12.CC(=O)C(C)CCNc1ncnc2nc[nH]c12.CC(=O)CCCNc1ncnc2nc[nH]c12. The van der Waals surface area contributed by atoms with Crippen molar-refractivity contribution in [3.05, 3.63) is 75.4 Å². The first kappa shape index (κ1) is 55.9. The van der Waals surface area contributed by atoms with Crippen molar-refractivity contribution in [1.82, 2.24) is 79.7 Å². The van der Waals surface area contributed by atoms with Gasteiger partial charge < -0.3 is 46.0 Å². The summed E-state index contributed by atoms with van der Waals surface area (Å²) in [4.78, 5) is 92.9. The third-order valence-corrected chi connectivity index (χ3v) is 8.61. The number of imidazole rings is 4. The maximum absolute atomic E-state index is 11.1. The maximum atomic E-state index is 11.1. The summed E-state index contributed by atoms with van der Waals surface area (Å²) >= 11 is 0. The number of anilines is 4. The van der Waals surface area contributed by atoms with E-state index >= 15 is 0 Å². The van der Waals surface area contributed by atoms with Crippen molar-refractivity contribution in [3.8, 4) is 0 Å². The van der Waals surface area contributed by atoms with Crippen LogP contribution in [0.5, 0.6) is 0 Å². The van der Waals surface area contributed by atoms with Gasteiger partial charge in [-0.2, -0.15) is 0 Å². The Morgan fingerprint density at radius 3 is 1.30 bits per heavy atom. The average Bonchev–Trinajstić information content (AvgIpc) is 4.11. The minimum atomic E-state index is 0. The highest BCUT2D eigenvalue weighted by Gasteiger charge is 2.10. The van der Waals surface area contributed by atoms with Crippen molar-refractivity contribution in [2.75, 3.05) is 47.4 Å². The van der Waals surface area contributed by atoms with E-state index in [1.807, 2.05) is 6.92 Å². The molecule has 0 aliphatic heterocycles. The van der Waals surface area contributed by atoms with E-state index in [4.69, 9.17) is 0 Å². The van der Waals surface area contributed by atoms with Crippen molar-refractivity contribution < 1.29 is 14.4 Å². The second-order valence-corrected chi connectivity index (χ2v) is 13.3. The van der Waals surface area contributed by atoms with Gasteiger partial charge in [-0.05, 0) is 39.7 Å². The van der Waals surface area contributed by atoms with Crippen molar-refractivity contribution in [2.24, 2.45) is 5.92 Å². The Labute approximate surface area is 384 Å². The number of rotatable bonds is 17. The number of H-pyrrole nitrogens is 4. The first-order valence-corrected chi connectivity index (χ1v) is 19.4. The quantitative estimate of drug-likeness (QED) is 0.0261. The van der Waals surface area contributed by atoms with E-state index < -0.39 is 0 Å². The van der Waals surface area contributed by atoms with Crippen LogP contribution < -0.4 is 21.3 Å². The van der Waals surface area contributed by atoms with Crippen molar-refractivity contribution in [2.45, 2.75) is 76.7 Å². The first-order valence-electron chi connectivity index (χ1n) is 19.4. The van der Waals surface area contributed by atoms with Crippen molar-refractivity contribution in [3.63, 3.8) is 0 Å². The molecule has 23 heteroatoms. The molecule has 0 spiro atoms. The molecule has 1 atom stereocenters. The van der Waals surface area contributed by atoms with Crippen LogP contribution in [0, 0.1) is 5.92 Å². The summed E-state index contributed by atoms with van der Waals surface area (Å²) in [6.07, 6.45) is 19.4. The predicted molar refractivity (Wildman–Crippen MR) is 262 cm³/mol. The molecule has 0 fully saturated rings. The minimum Gasteiger partial charge on any atom is -0.368 e. The Bertz CT molecular complexity index is 2700. The number of allylic oxidation sites excluding steroid dienone is 1. The topological polar surface area (TPSA) is 317 Å². The average molecular weight is 909 g/mol. The predicted octanol–water partition coefficient (Wildman–Crippen LogP) is 6.92. The number of nitrogens with one attached hydrogen (secondary N) is 8. The number of hydrogen-bond donors (Lipinski definition) is 8. The highest BCUT2D eigenvalue weighted by molar-refractivity contribution is 5.87. The smallest absolute Gasteiger partial charge is 0.182 e. The molecule has 8 rings (SSSR count). The molecule has 0 bridgehead atoms. The molecule has 8 aromatic heterocycles. The molecule has 354 valence electrons. The summed E-state index contributed by atoms with van der Waals surface area (Å²) in [7, 11) is 0. The van der Waals surface area contributed by atoms with Crippen LogP contribution in [0.2, 0.25) is 0 Å². The van der Waals surface area contributed by atoms with Gasteiger partial charge in [-0.1, -0.05) is 48.8 Å². The van der Waals surface area contributed by atoms with Crippen LogP contribution >= 0.6 is 0 Å². The van der Waals surface area contributed by atoms with E-state index in [1.165, 1.54) is 38.3 Å². The molecule has 8 N–H and O–H groups in total.